The van der Waals surface area contributed by atoms with Crippen LogP contribution in [0.1, 0.15) is 24.5 Å². The van der Waals surface area contributed by atoms with E-state index in [9.17, 15) is 9.59 Å². The summed E-state index contributed by atoms with van der Waals surface area (Å²) in [4.78, 5) is 26.2. The van der Waals surface area contributed by atoms with E-state index < -0.39 is 0 Å². The summed E-state index contributed by atoms with van der Waals surface area (Å²) in [6.45, 7) is 6.70. The van der Waals surface area contributed by atoms with Crippen molar-refractivity contribution in [3.8, 4) is 0 Å². The van der Waals surface area contributed by atoms with Crippen molar-refractivity contribution in [2.24, 2.45) is 7.05 Å². The van der Waals surface area contributed by atoms with E-state index in [1.807, 2.05) is 43.3 Å². The van der Waals surface area contributed by atoms with Crippen LogP contribution >= 0.6 is 0 Å². The monoisotopic (exact) mass is 340 g/mol. The Bertz CT molecular complexity index is 751. The van der Waals surface area contributed by atoms with Crippen molar-refractivity contribution in [3.05, 3.63) is 60.4 Å². The molecule has 0 fully saturated rings. The average Bonchev–Trinajstić information content (AvgIpc) is 3.01. The van der Waals surface area contributed by atoms with Gasteiger partial charge in [0.05, 0.1) is 12.6 Å². The summed E-state index contributed by atoms with van der Waals surface area (Å²) in [5.74, 6) is -0.272. The van der Waals surface area contributed by atoms with E-state index >= 15 is 0 Å². The summed E-state index contributed by atoms with van der Waals surface area (Å²) in [7, 11) is 1.86. The van der Waals surface area contributed by atoms with Crippen LogP contribution in [0.5, 0.6) is 0 Å². The standard InChI is InChI=1S/C19H24N4O2/c1-4-10-23(14-15-12-20-22(3)13-15)19(25)11-16-8-6-7-9-17(16)21-18(24)5-2/h5-9,12-13H,2,4,10-11,14H2,1,3H3,(H,21,24). The normalized spacial score (nSPS) is 10.3. The number of hydrogen-bond acceptors (Lipinski definition) is 3. The van der Waals surface area contributed by atoms with Crippen LogP contribution in [0.25, 0.3) is 0 Å². The van der Waals surface area contributed by atoms with E-state index in [0.717, 1.165) is 17.5 Å². The molecule has 0 aliphatic heterocycles. The van der Waals surface area contributed by atoms with Crippen molar-refractivity contribution < 1.29 is 9.59 Å². The Kier molecular flexibility index (Phi) is 6.51. The fourth-order valence-electron chi connectivity index (χ4n) is 2.59. The predicted octanol–water partition coefficient (Wildman–Crippen LogP) is 2.53. The second kappa shape index (κ2) is 8.82. The molecule has 1 aromatic heterocycles. The zero-order valence-corrected chi connectivity index (χ0v) is 14.7. The molecule has 0 saturated heterocycles. The third kappa shape index (κ3) is 5.31. The van der Waals surface area contributed by atoms with Crippen molar-refractivity contribution in [1.29, 1.82) is 0 Å². The van der Waals surface area contributed by atoms with Crippen LogP contribution in [-0.2, 0) is 29.6 Å². The number of carbonyl (C=O) groups excluding carboxylic acids is 2. The fraction of sp³-hybridized carbons (Fsp3) is 0.316. The summed E-state index contributed by atoms with van der Waals surface area (Å²) < 4.78 is 1.73. The molecule has 132 valence electrons. The molecule has 1 aromatic carbocycles. The average molecular weight is 340 g/mol. The number of amides is 2. The molecule has 0 bridgehead atoms. The minimum Gasteiger partial charge on any atom is -0.338 e. The Hall–Kier alpha value is -2.89. The second-order valence-corrected chi connectivity index (χ2v) is 5.86. The molecule has 2 rings (SSSR count). The van der Waals surface area contributed by atoms with Gasteiger partial charge in [-0.15, -0.1) is 0 Å². The molecule has 1 heterocycles. The SMILES string of the molecule is C=CC(=O)Nc1ccccc1CC(=O)N(CCC)Cc1cnn(C)c1. The highest BCUT2D eigenvalue weighted by Gasteiger charge is 2.16. The van der Waals surface area contributed by atoms with Gasteiger partial charge in [-0.3, -0.25) is 14.3 Å². The number of carbonyl (C=O) groups is 2. The maximum absolute atomic E-state index is 12.8. The lowest BCUT2D eigenvalue weighted by Gasteiger charge is -2.22. The third-order valence-corrected chi connectivity index (χ3v) is 3.78. The van der Waals surface area contributed by atoms with Crippen LogP contribution in [0.4, 0.5) is 5.69 Å². The number of nitrogens with one attached hydrogen (secondary N) is 1. The first-order chi connectivity index (χ1) is 12.0. The van der Waals surface area contributed by atoms with Crippen molar-refractivity contribution in [2.75, 3.05) is 11.9 Å². The molecule has 0 unspecified atom stereocenters. The Morgan fingerprint density at radius 3 is 2.76 bits per heavy atom. The predicted molar refractivity (Wildman–Crippen MR) is 97.9 cm³/mol. The van der Waals surface area contributed by atoms with Gasteiger partial charge in [-0.1, -0.05) is 31.7 Å². The van der Waals surface area contributed by atoms with Gasteiger partial charge in [-0.25, -0.2) is 0 Å². The van der Waals surface area contributed by atoms with E-state index in [0.29, 0.717) is 18.8 Å². The van der Waals surface area contributed by atoms with Crippen LogP contribution in [-0.4, -0.2) is 33.0 Å². The quantitative estimate of drug-likeness (QED) is 0.751. The Morgan fingerprint density at radius 2 is 2.12 bits per heavy atom. The molecule has 0 radical (unpaired) electrons. The molecule has 0 atom stereocenters. The minimum atomic E-state index is -0.291. The highest BCUT2D eigenvalue weighted by atomic mass is 16.2. The summed E-state index contributed by atoms with van der Waals surface area (Å²) in [5, 5.41) is 6.90. The van der Waals surface area contributed by atoms with Crippen LogP contribution in [0.15, 0.2) is 49.3 Å². The molecule has 6 nitrogen and oxygen atoms in total. The van der Waals surface area contributed by atoms with Crippen LogP contribution < -0.4 is 5.32 Å². The number of nitrogens with zero attached hydrogens (tertiary/aromatic N) is 3. The van der Waals surface area contributed by atoms with Gasteiger partial charge in [-0.2, -0.15) is 5.10 Å². The molecular formula is C19H24N4O2. The number of hydrogen-bond donors (Lipinski definition) is 1. The summed E-state index contributed by atoms with van der Waals surface area (Å²) in [6, 6.07) is 7.32. The van der Waals surface area contributed by atoms with Gasteiger partial charge in [0, 0.05) is 37.6 Å². The Balaban J connectivity index is 2.12. The smallest absolute Gasteiger partial charge is 0.247 e. The van der Waals surface area contributed by atoms with Crippen LogP contribution in [0, 0.1) is 0 Å². The van der Waals surface area contributed by atoms with Crippen molar-refractivity contribution in [1.82, 2.24) is 14.7 Å². The maximum Gasteiger partial charge on any atom is 0.247 e. The van der Waals surface area contributed by atoms with Crippen LogP contribution in [0.2, 0.25) is 0 Å². The number of para-hydroxylation sites is 1. The Morgan fingerprint density at radius 1 is 1.36 bits per heavy atom. The summed E-state index contributed by atoms with van der Waals surface area (Å²) >= 11 is 0. The summed E-state index contributed by atoms with van der Waals surface area (Å²) in [5.41, 5.74) is 2.42. The minimum absolute atomic E-state index is 0.0194. The van der Waals surface area contributed by atoms with Gasteiger partial charge in [0.15, 0.2) is 0 Å². The molecule has 2 aromatic rings. The number of benzene rings is 1. The lowest BCUT2D eigenvalue weighted by molar-refractivity contribution is -0.131. The van der Waals surface area contributed by atoms with Gasteiger partial charge >= 0.3 is 0 Å². The zero-order valence-electron chi connectivity index (χ0n) is 14.7. The van der Waals surface area contributed by atoms with E-state index in [4.69, 9.17) is 0 Å². The molecule has 0 saturated carbocycles. The Labute approximate surface area is 148 Å². The number of rotatable bonds is 8. The molecular weight excluding hydrogens is 316 g/mol. The third-order valence-electron chi connectivity index (χ3n) is 3.78. The molecule has 25 heavy (non-hydrogen) atoms. The number of aromatic nitrogens is 2. The molecule has 6 heteroatoms. The first-order valence-electron chi connectivity index (χ1n) is 8.30. The van der Waals surface area contributed by atoms with Crippen molar-refractivity contribution in [2.45, 2.75) is 26.3 Å². The van der Waals surface area contributed by atoms with E-state index in [2.05, 4.69) is 17.0 Å². The number of aryl methyl sites for hydroxylation is 1. The molecule has 0 spiro atoms. The first kappa shape index (κ1) is 18.4. The fourth-order valence-corrected chi connectivity index (χ4v) is 2.59. The maximum atomic E-state index is 12.8. The molecule has 2 amide bonds. The second-order valence-electron chi connectivity index (χ2n) is 5.86. The highest BCUT2D eigenvalue weighted by Crippen LogP contribution is 2.17. The largest absolute Gasteiger partial charge is 0.338 e. The van der Waals surface area contributed by atoms with Crippen LogP contribution in [0.3, 0.4) is 0 Å². The van der Waals surface area contributed by atoms with Gasteiger partial charge in [-0.05, 0) is 24.1 Å². The van der Waals surface area contributed by atoms with Gasteiger partial charge < -0.3 is 10.2 Å². The topological polar surface area (TPSA) is 67.2 Å². The molecule has 0 aliphatic rings. The van der Waals surface area contributed by atoms with Crippen molar-refractivity contribution in [3.63, 3.8) is 0 Å². The zero-order chi connectivity index (χ0) is 18.2. The first-order valence-corrected chi connectivity index (χ1v) is 8.30. The lowest BCUT2D eigenvalue weighted by atomic mass is 10.1. The lowest BCUT2D eigenvalue weighted by Crippen LogP contribution is -2.32. The van der Waals surface area contributed by atoms with Gasteiger partial charge in [0.1, 0.15) is 0 Å². The summed E-state index contributed by atoms with van der Waals surface area (Å²) in [6.07, 6.45) is 6.00. The number of anilines is 1. The van der Waals surface area contributed by atoms with Crippen molar-refractivity contribution >= 4 is 17.5 Å². The van der Waals surface area contributed by atoms with E-state index in [-0.39, 0.29) is 18.2 Å². The van der Waals surface area contributed by atoms with Gasteiger partial charge in [0.2, 0.25) is 11.8 Å². The molecule has 1 N–H and O–H groups in total. The van der Waals surface area contributed by atoms with E-state index in [1.54, 1.807) is 16.9 Å². The highest BCUT2D eigenvalue weighted by molar-refractivity contribution is 5.99. The van der Waals surface area contributed by atoms with Gasteiger partial charge in [0.25, 0.3) is 0 Å². The van der Waals surface area contributed by atoms with E-state index in [1.165, 1.54) is 6.08 Å². The molecule has 0 aliphatic carbocycles.